The Morgan fingerprint density at radius 3 is 2.57 bits per heavy atom. The van der Waals surface area contributed by atoms with Crippen molar-refractivity contribution in [2.45, 2.75) is 20.4 Å². The van der Waals surface area contributed by atoms with Gasteiger partial charge in [0.05, 0.1) is 22.9 Å². The third-order valence-corrected chi connectivity index (χ3v) is 4.78. The van der Waals surface area contributed by atoms with Crippen LogP contribution in [-0.2, 0) is 11.3 Å². The van der Waals surface area contributed by atoms with Crippen LogP contribution in [0.3, 0.4) is 0 Å². The van der Waals surface area contributed by atoms with E-state index in [-0.39, 0.29) is 18.0 Å². The maximum Gasteiger partial charge on any atom is 0.261 e. The number of nitrogens with zero attached hydrogens (tertiary/aromatic N) is 2. The first-order valence-electron chi connectivity index (χ1n) is 9.59. The molecular weight excluding hydrogens is 378 g/mol. The highest BCUT2D eigenvalue weighted by Crippen LogP contribution is 2.29. The standard InChI is InChI=1S/C24H21N3O3/c1-16-10-12-18(13-11-16)30-21-9-4-3-8-20(21)26-22(28)14-27-15-25-23-17(2)6-5-7-19(23)24(27)29/h3-13,15H,14H2,1-2H3,(H,26,28). The monoisotopic (exact) mass is 399 g/mol. The van der Waals surface area contributed by atoms with E-state index in [0.717, 1.165) is 11.1 Å². The van der Waals surface area contributed by atoms with Crippen LogP contribution in [0.15, 0.2) is 77.9 Å². The lowest BCUT2D eigenvalue weighted by Crippen LogP contribution is -2.28. The van der Waals surface area contributed by atoms with Gasteiger partial charge in [0.2, 0.25) is 5.91 Å². The molecule has 0 atom stereocenters. The van der Waals surface area contributed by atoms with E-state index in [9.17, 15) is 9.59 Å². The molecule has 6 heteroatoms. The van der Waals surface area contributed by atoms with Crippen molar-refractivity contribution in [2.75, 3.05) is 5.32 Å². The van der Waals surface area contributed by atoms with E-state index >= 15 is 0 Å². The van der Waals surface area contributed by atoms with Crippen molar-refractivity contribution in [3.8, 4) is 11.5 Å². The lowest BCUT2D eigenvalue weighted by Gasteiger charge is -2.13. The highest BCUT2D eigenvalue weighted by molar-refractivity contribution is 5.92. The van der Waals surface area contributed by atoms with E-state index in [0.29, 0.717) is 28.1 Å². The van der Waals surface area contributed by atoms with Gasteiger partial charge in [0, 0.05) is 0 Å². The number of hydrogen-bond acceptors (Lipinski definition) is 4. The smallest absolute Gasteiger partial charge is 0.261 e. The first-order chi connectivity index (χ1) is 14.5. The van der Waals surface area contributed by atoms with Crippen molar-refractivity contribution >= 4 is 22.5 Å². The van der Waals surface area contributed by atoms with Gasteiger partial charge in [-0.25, -0.2) is 4.98 Å². The number of para-hydroxylation sites is 3. The number of rotatable bonds is 5. The zero-order valence-corrected chi connectivity index (χ0v) is 16.8. The van der Waals surface area contributed by atoms with Crippen LogP contribution in [0.5, 0.6) is 11.5 Å². The van der Waals surface area contributed by atoms with Crippen molar-refractivity contribution < 1.29 is 9.53 Å². The van der Waals surface area contributed by atoms with Crippen LogP contribution >= 0.6 is 0 Å². The average molecular weight is 399 g/mol. The molecule has 0 aliphatic carbocycles. The maximum absolute atomic E-state index is 12.7. The van der Waals surface area contributed by atoms with Crippen molar-refractivity contribution in [3.63, 3.8) is 0 Å². The second-order valence-corrected chi connectivity index (χ2v) is 7.11. The highest BCUT2D eigenvalue weighted by atomic mass is 16.5. The first-order valence-corrected chi connectivity index (χ1v) is 9.59. The van der Waals surface area contributed by atoms with E-state index in [1.54, 1.807) is 18.2 Å². The number of nitrogens with one attached hydrogen (secondary N) is 1. The topological polar surface area (TPSA) is 73.2 Å². The van der Waals surface area contributed by atoms with Gasteiger partial charge in [-0.3, -0.25) is 14.2 Å². The fourth-order valence-electron chi connectivity index (χ4n) is 3.19. The molecular formula is C24H21N3O3. The summed E-state index contributed by atoms with van der Waals surface area (Å²) in [5.74, 6) is 0.854. The lowest BCUT2D eigenvalue weighted by molar-refractivity contribution is -0.116. The maximum atomic E-state index is 12.7. The molecule has 1 aromatic heterocycles. The molecule has 1 heterocycles. The summed E-state index contributed by atoms with van der Waals surface area (Å²) in [6.45, 7) is 3.76. The molecule has 1 amide bonds. The van der Waals surface area contributed by atoms with Gasteiger partial charge in [0.15, 0.2) is 5.75 Å². The van der Waals surface area contributed by atoms with Gasteiger partial charge in [0.1, 0.15) is 12.3 Å². The summed E-state index contributed by atoms with van der Waals surface area (Å²) in [4.78, 5) is 29.7. The number of anilines is 1. The molecule has 0 aliphatic heterocycles. The summed E-state index contributed by atoms with van der Waals surface area (Å²) in [7, 11) is 0. The average Bonchev–Trinajstić information content (AvgIpc) is 2.74. The largest absolute Gasteiger partial charge is 0.455 e. The summed E-state index contributed by atoms with van der Waals surface area (Å²) in [6, 6.07) is 20.3. The first kappa shape index (κ1) is 19.4. The Morgan fingerprint density at radius 1 is 1.00 bits per heavy atom. The number of hydrogen-bond donors (Lipinski definition) is 1. The van der Waals surface area contributed by atoms with Gasteiger partial charge in [-0.15, -0.1) is 0 Å². The lowest BCUT2D eigenvalue weighted by atomic mass is 10.1. The van der Waals surface area contributed by atoms with Crippen molar-refractivity contribution in [2.24, 2.45) is 0 Å². The second kappa shape index (κ2) is 8.21. The number of aryl methyl sites for hydroxylation is 2. The van der Waals surface area contributed by atoms with Crippen LogP contribution in [0.4, 0.5) is 5.69 Å². The minimum absolute atomic E-state index is 0.144. The van der Waals surface area contributed by atoms with E-state index in [4.69, 9.17) is 4.74 Å². The summed E-state index contributed by atoms with van der Waals surface area (Å²) in [6.07, 6.45) is 1.41. The van der Waals surface area contributed by atoms with Gasteiger partial charge >= 0.3 is 0 Å². The molecule has 4 aromatic rings. The molecule has 4 rings (SSSR count). The van der Waals surface area contributed by atoms with Gasteiger partial charge in [0.25, 0.3) is 5.56 Å². The molecule has 0 fully saturated rings. The summed E-state index contributed by atoms with van der Waals surface area (Å²) >= 11 is 0. The Kier molecular flexibility index (Phi) is 5.30. The number of fused-ring (bicyclic) bond motifs is 1. The molecule has 0 unspecified atom stereocenters. The number of aromatic nitrogens is 2. The number of benzene rings is 3. The molecule has 6 nitrogen and oxygen atoms in total. The van der Waals surface area contributed by atoms with E-state index in [1.807, 2.05) is 62.4 Å². The minimum atomic E-state index is -0.342. The van der Waals surface area contributed by atoms with Gasteiger partial charge in [-0.1, -0.05) is 42.0 Å². The van der Waals surface area contributed by atoms with Gasteiger partial charge < -0.3 is 10.1 Å². The number of carbonyl (C=O) groups excluding carboxylic acids is 1. The molecule has 0 aliphatic rings. The van der Waals surface area contributed by atoms with Crippen LogP contribution in [0, 0.1) is 13.8 Å². The molecule has 30 heavy (non-hydrogen) atoms. The molecule has 1 N–H and O–H groups in total. The summed E-state index contributed by atoms with van der Waals surface area (Å²) < 4.78 is 7.22. The fraction of sp³-hybridized carbons (Fsp3) is 0.125. The van der Waals surface area contributed by atoms with Crippen LogP contribution in [-0.4, -0.2) is 15.5 Å². The molecule has 0 saturated carbocycles. The SMILES string of the molecule is Cc1ccc(Oc2ccccc2NC(=O)Cn2cnc3c(C)cccc3c2=O)cc1. The fourth-order valence-corrected chi connectivity index (χ4v) is 3.19. The quantitative estimate of drug-likeness (QED) is 0.538. The van der Waals surface area contributed by atoms with Crippen molar-refractivity contribution in [1.29, 1.82) is 0 Å². The number of amides is 1. The van der Waals surface area contributed by atoms with Gasteiger partial charge in [-0.05, 0) is 49.7 Å². The van der Waals surface area contributed by atoms with Crippen LogP contribution in [0.1, 0.15) is 11.1 Å². The third kappa shape index (κ3) is 4.07. The Morgan fingerprint density at radius 2 is 1.77 bits per heavy atom. The Bertz CT molecular complexity index is 1280. The Balaban J connectivity index is 1.54. The Hall–Kier alpha value is -3.93. The van der Waals surface area contributed by atoms with Crippen LogP contribution in [0.2, 0.25) is 0 Å². The molecule has 0 spiro atoms. The number of carbonyl (C=O) groups is 1. The minimum Gasteiger partial charge on any atom is -0.455 e. The van der Waals surface area contributed by atoms with E-state index < -0.39 is 0 Å². The predicted octanol–water partition coefficient (Wildman–Crippen LogP) is 4.44. The summed E-state index contributed by atoms with van der Waals surface area (Å²) in [5, 5.41) is 3.32. The van der Waals surface area contributed by atoms with Crippen molar-refractivity contribution in [3.05, 3.63) is 94.5 Å². The molecule has 0 saturated heterocycles. The molecule has 3 aromatic carbocycles. The molecule has 0 radical (unpaired) electrons. The normalized spacial score (nSPS) is 10.7. The molecule has 150 valence electrons. The highest BCUT2D eigenvalue weighted by Gasteiger charge is 2.12. The van der Waals surface area contributed by atoms with Crippen molar-refractivity contribution in [1.82, 2.24) is 9.55 Å². The number of ether oxygens (including phenoxy) is 1. The summed E-state index contributed by atoms with van der Waals surface area (Å²) in [5.41, 5.74) is 2.98. The third-order valence-electron chi connectivity index (χ3n) is 4.78. The van der Waals surface area contributed by atoms with Crippen LogP contribution < -0.4 is 15.6 Å². The predicted molar refractivity (Wildman–Crippen MR) is 117 cm³/mol. The zero-order valence-electron chi connectivity index (χ0n) is 16.8. The zero-order chi connectivity index (χ0) is 21.1. The van der Waals surface area contributed by atoms with E-state index in [1.165, 1.54) is 10.9 Å². The van der Waals surface area contributed by atoms with Crippen LogP contribution in [0.25, 0.3) is 10.9 Å². The molecule has 0 bridgehead atoms. The Labute approximate surface area is 173 Å². The second-order valence-electron chi connectivity index (χ2n) is 7.11. The van der Waals surface area contributed by atoms with E-state index in [2.05, 4.69) is 10.3 Å². The van der Waals surface area contributed by atoms with Gasteiger partial charge in [-0.2, -0.15) is 0 Å².